The highest BCUT2D eigenvalue weighted by molar-refractivity contribution is 5.79. The molecule has 4 nitrogen and oxygen atoms in total. The van der Waals surface area contributed by atoms with E-state index in [9.17, 15) is 9.18 Å². The highest BCUT2D eigenvalue weighted by Gasteiger charge is 2.25. The zero-order valence-electron chi connectivity index (χ0n) is 12.5. The van der Waals surface area contributed by atoms with Gasteiger partial charge in [0.25, 0.3) is 0 Å². The number of amides is 1. The summed E-state index contributed by atoms with van der Waals surface area (Å²) in [6.07, 6.45) is 0.863. The van der Waals surface area contributed by atoms with Gasteiger partial charge in [-0.3, -0.25) is 4.79 Å². The number of carbonyl (C=O) groups is 1. The molecule has 0 radical (unpaired) electrons. The summed E-state index contributed by atoms with van der Waals surface area (Å²) in [7, 11) is 0. The fraction of sp³-hybridized carbons (Fsp3) is 0.278. The average Bonchev–Trinajstić information content (AvgIpc) is 3.01. The molecular formula is C18H16FNO3. The Morgan fingerprint density at radius 1 is 1.13 bits per heavy atom. The Morgan fingerprint density at radius 2 is 1.87 bits per heavy atom. The molecule has 118 valence electrons. The molecule has 0 aromatic heterocycles. The molecule has 0 saturated carbocycles. The van der Waals surface area contributed by atoms with E-state index in [0.717, 1.165) is 23.5 Å². The van der Waals surface area contributed by atoms with Crippen LogP contribution in [0.4, 0.5) is 4.39 Å². The van der Waals surface area contributed by atoms with Crippen molar-refractivity contribution < 1.29 is 18.7 Å². The van der Waals surface area contributed by atoms with Gasteiger partial charge in [-0.05, 0) is 41.3 Å². The predicted octanol–water partition coefficient (Wildman–Crippen LogP) is 2.68. The maximum Gasteiger partial charge on any atom is 0.231 e. The van der Waals surface area contributed by atoms with E-state index >= 15 is 0 Å². The van der Waals surface area contributed by atoms with Crippen LogP contribution in [0.15, 0.2) is 36.4 Å². The van der Waals surface area contributed by atoms with Crippen molar-refractivity contribution in [3.8, 4) is 11.5 Å². The Labute approximate surface area is 133 Å². The van der Waals surface area contributed by atoms with Gasteiger partial charge in [-0.2, -0.15) is 0 Å². The molecule has 4 rings (SSSR count). The van der Waals surface area contributed by atoms with Crippen molar-refractivity contribution in [3.05, 3.63) is 58.9 Å². The van der Waals surface area contributed by atoms with E-state index in [2.05, 4.69) is 0 Å². The van der Waals surface area contributed by atoms with Crippen molar-refractivity contribution >= 4 is 5.91 Å². The molecule has 2 aromatic carbocycles. The molecule has 0 fully saturated rings. The number of fused-ring (bicyclic) bond motifs is 2. The van der Waals surface area contributed by atoms with Crippen LogP contribution in [0.5, 0.6) is 11.5 Å². The van der Waals surface area contributed by atoms with Crippen LogP contribution in [0.3, 0.4) is 0 Å². The summed E-state index contributed by atoms with van der Waals surface area (Å²) in [5, 5.41) is 0. The van der Waals surface area contributed by atoms with E-state index in [0.29, 0.717) is 18.7 Å². The van der Waals surface area contributed by atoms with Gasteiger partial charge < -0.3 is 14.4 Å². The molecule has 0 spiro atoms. The first-order valence-corrected chi connectivity index (χ1v) is 7.63. The van der Waals surface area contributed by atoms with Gasteiger partial charge in [0.1, 0.15) is 5.82 Å². The molecular weight excluding hydrogens is 297 g/mol. The first kappa shape index (κ1) is 14.1. The number of hydrogen-bond donors (Lipinski definition) is 0. The minimum absolute atomic E-state index is 0.0570. The van der Waals surface area contributed by atoms with E-state index in [4.69, 9.17) is 9.47 Å². The van der Waals surface area contributed by atoms with Gasteiger partial charge >= 0.3 is 0 Å². The van der Waals surface area contributed by atoms with E-state index in [1.165, 1.54) is 11.6 Å². The normalized spacial score (nSPS) is 15.4. The first-order chi connectivity index (χ1) is 11.2. The van der Waals surface area contributed by atoms with Crippen LogP contribution in [-0.2, 0) is 24.2 Å². The van der Waals surface area contributed by atoms with Crippen LogP contribution in [0.25, 0.3) is 0 Å². The highest BCUT2D eigenvalue weighted by atomic mass is 19.1. The zero-order valence-corrected chi connectivity index (χ0v) is 12.5. The van der Waals surface area contributed by atoms with Crippen molar-refractivity contribution in [3.63, 3.8) is 0 Å². The second-order valence-corrected chi connectivity index (χ2v) is 5.81. The number of carbonyl (C=O) groups excluding carboxylic acids is 1. The molecule has 2 aliphatic rings. The lowest BCUT2D eigenvalue weighted by Gasteiger charge is -2.29. The SMILES string of the molecule is O=C(Cc1ccccc1F)N1CCc2cc3c(cc2C1)OCO3. The minimum atomic E-state index is -0.332. The van der Waals surface area contributed by atoms with Gasteiger partial charge in [0.15, 0.2) is 11.5 Å². The predicted molar refractivity (Wildman–Crippen MR) is 81.8 cm³/mol. The van der Waals surface area contributed by atoms with Crippen molar-refractivity contribution in [2.45, 2.75) is 19.4 Å². The van der Waals surface area contributed by atoms with Crippen LogP contribution >= 0.6 is 0 Å². The number of halogens is 1. The summed E-state index contributed by atoms with van der Waals surface area (Å²) in [6, 6.07) is 10.4. The molecule has 5 heteroatoms. The van der Waals surface area contributed by atoms with E-state index < -0.39 is 0 Å². The zero-order chi connectivity index (χ0) is 15.8. The maximum atomic E-state index is 13.7. The third kappa shape index (κ3) is 2.63. The van der Waals surface area contributed by atoms with Crippen molar-refractivity contribution in [2.24, 2.45) is 0 Å². The van der Waals surface area contributed by atoms with Crippen molar-refractivity contribution in [1.82, 2.24) is 4.90 Å². The van der Waals surface area contributed by atoms with Crippen LogP contribution in [0.2, 0.25) is 0 Å². The van der Waals surface area contributed by atoms with Gasteiger partial charge in [-0.25, -0.2) is 4.39 Å². The third-order valence-corrected chi connectivity index (χ3v) is 4.36. The summed E-state index contributed by atoms with van der Waals surface area (Å²) >= 11 is 0. The Kier molecular flexibility index (Phi) is 3.41. The Hall–Kier alpha value is -2.56. The van der Waals surface area contributed by atoms with Gasteiger partial charge in [0.2, 0.25) is 12.7 Å². The number of hydrogen-bond acceptors (Lipinski definition) is 3. The number of benzene rings is 2. The second-order valence-electron chi connectivity index (χ2n) is 5.81. The smallest absolute Gasteiger partial charge is 0.231 e. The summed E-state index contributed by atoms with van der Waals surface area (Å²) in [4.78, 5) is 14.2. The molecule has 2 heterocycles. The standard InChI is InChI=1S/C18H16FNO3/c19-15-4-2-1-3-13(15)9-18(21)20-6-5-12-7-16-17(23-11-22-16)8-14(12)10-20/h1-4,7-8H,5-6,9-11H2. The molecule has 0 aliphatic carbocycles. The fourth-order valence-corrected chi connectivity index (χ4v) is 3.08. The summed E-state index contributed by atoms with van der Waals surface area (Å²) in [6.45, 7) is 1.41. The molecule has 0 bridgehead atoms. The lowest BCUT2D eigenvalue weighted by Crippen LogP contribution is -2.37. The number of rotatable bonds is 2. The largest absolute Gasteiger partial charge is 0.454 e. The summed E-state index contributed by atoms with van der Waals surface area (Å²) in [5.74, 6) is 1.11. The Morgan fingerprint density at radius 3 is 2.65 bits per heavy atom. The van der Waals surface area contributed by atoms with E-state index in [1.54, 1.807) is 23.1 Å². The summed E-state index contributed by atoms with van der Waals surface area (Å²) in [5.41, 5.74) is 2.69. The van der Waals surface area contributed by atoms with Crippen LogP contribution in [-0.4, -0.2) is 24.1 Å². The monoisotopic (exact) mass is 313 g/mol. The third-order valence-electron chi connectivity index (χ3n) is 4.36. The quantitative estimate of drug-likeness (QED) is 0.855. The molecule has 2 aliphatic heterocycles. The number of nitrogens with zero attached hydrogens (tertiary/aromatic N) is 1. The second kappa shape index (κ2) is 5.57. The van der Waals surface area contributed by atoms with E-state index in [-0.39, 0.29) is 24.9 Å². The molecule has 23 heavy (non-hydrogen) atoms. The lowest BCUT2D eigenvalue weighted by molar-refractivity contribution is -0.131. The van der Waals surface area contributed by atoms with Gasteiger partial charge in [0.05, 0.1) is 6.42 Å². The first-order valence-electron chi connectivity index (χ1n) is 7.63. The molecule has 2 aromatic rings. The average molecular weight is 313 g/mol. The van der Waals surface area contributed by atoms with Crippen molar-refractivity contribution in [2.75, 3.05) is 13.3 Å². The summed E-state index contributed by atoms with van der Waals surface area (Å²) < 4.78 is 24.5. The maximum absolute atomic E-state index is 13.7. The fourth-order valence-electron chi connectivity index (χ4n) is 3.08. The van der Waals surface area contributed by atoms with Crippen LogP contribution in [0.1, 0.15) is 16.7 Å². The van der Waals surface area contributed by atoms with Gasteiger partial charge in [-0.1, -0.05) is 18.2 Å². The van der Waals surface area contributed by atoms with E-state index in [1.807, 2.05) is 12.1 Å². The Bertz CT molecular complexity index is 775. The van der Waals surface area contributed by atoms with Crippen LogP contribution < -0.4 is 9.47 Å². The van der Waals surface area contributed by atoms with Gasteiger partial charge in [-0.15, -0.1) is 0 Å². The van der Waals surface area contributed by atoms with Crippen LogP contribution in [0, 0.1) is 5.82 Å². The Balaban J connectivity index is 1.51. The topological polar surface area (TPSA) is 38.8 Å². The molecule has 0 N–H and O–H groups in total. The minimum Gasteiger partial charge on any atom is -0.454 e. The molecule has 1 amide bonds. The van der Waals surface area contributed by atoms with Gasteiger partial charge in [0, 0.05) is 13.1 Å². The molecule has 0 atom stereocenters. The lowest BCUT2D eigenvalue weighted by atomic mass is 9.98. The molecule has 0 unspecified atom stereocenters. The highest BCUT2D eigenvalue weighted by Crippen LogP contribution is 2.36. The number of ether oxygens (including phenoxy) is 2. The van der Waals surface area contributed by atoms with Crippen molar-refractivity contribution in [1.29, 1.82) is 0 Å². The molecule has 0 saturated heterocycles.